The van der Waals surface area contributed by atoms with E-state index in [4.69, 9.17) is 9.47 Å². The van der Waals surface area contributed by atoms with Gasteiger partial charge in [0.1, 0.15) is 11.5 Å². The molecule has 2 rings (SSSR count). The van der Waals surface area contributed by atoms with E-state index in [1.54, 1.807) is 44.4 Å². The number of likely N-dealkylation sites (N-methyl/N-ethyl adjacent to an activating group) is 1. The number of amides is 1. The Morgan fingerprint density at radius 3 is 2.37 bits per heavy atom. The van der Waals surface area contributed by atoms with E-state index in [1.165, 1.54) is 11.0 Å². The van der Waals surface area contributed by atoms with Crippen LogP contribution < -0.4 is 9.47 Å². The molecule has 2 aromatic rings. The van der Waals surface area contributed by atoms with Gasteiger partial charge in [-0.25, -0.2) is 0 Å². The minimum atomic E-state index is -0.142. The van der Waals surface area contributed by atoms with Crippen LogP contribution in [0.25, 0.3) is 6.08 Å². The second kappa shape index (κ2) is 9.57. The first kappa shape index (κ1) is 20.2. The highest BCUT2D eigenvalue weighted by Gasteiger charge is 2.07. The summed E-state index contributed by atoms with van der Waals surface area (Å²) in [6.07, 6.45) is 3.39. The summed E-state index contributed by atoms with van der Waals surface area (Å²) in [5, 5.41) is 0. The van der Waals surface area contributed by atoms with Crippen LogP contribution in [-0.4, -0.2) is 43.4 Å². The summed E-state index contributed by atoms with van der Waals surface area (Å²) in [6, 6.07) is 14.3. The SMILES string of the molecule is CC(C)Oc1ccc(C=CC(=O)c2cccc(OCC(=O)N(C)C)c2)cc1. The summed E-state index contributed by atoms with van der Waals surface area (Å²) < 4.78 is 11.0. The molecule has 0 N–H and O–H groups in total. The van der Waals surface area contributed by atoms with Crippen molar-refractivity contribution in [1.29, 1.82) is 0 Å². The van der Waals surface area contributed by atoms with Gasteiger partial charge in [-0.15, -0.1) is 0 Å². The quantitative estimate of drug-likeness (QED) is 0.525. The van der Waals surface area contributed by atoms with Gasteiger partial charge in [-0.2, -0.15) is 0 Å². The monoisotopic (exact) mass is 367 g/mol. The van der Waals surface area contributed by atoms with Crippen LogP contribution in [0.1, 0.15) is 29.8 Å². The van der Waals surface area contributed by atoms with Gasteiger partial charge >= 0.3 is 0 Å². The minimum Gasteiger partial charge on any atom is -0.491 e. The molecule has 0 radical (unpaired) electrons. The number of benzene rings is 2. The van der Waals surface area contributed by atoms with Gasteiger partial charge in [-0.1, -0.05) is 30.3 Å². The summed E-state index contributed by atoms with van der Waals surface area (Å²) >= 11 is 0. The van der Waals surface area contributed by atoms with Crippen LogP contribution in [0.4, 0.5) is 0 Å². The molecule has 1 amide bonds. The van der Waals surface area contributed by atoms with Crippen LogP contribution in [-0.2, 0) is 4.79 Å². The molecule has 5 nitrogen and oxygen atoms in total. The molecule has 0 heterocycles. The lowest BCUT2D eigenvalue weighted by Crippen LogP contribution is -2.27. The Balaban J connectivity index is 1.99. The number of ether oxygens (including phenoxy) is 2. The Kier molecular flexibility index (Phi) is 7.17. The molecule has 27 heavy (non-hydrogen) atoms. The van der Waals surface area contributed by atoms with Crippen LogP contribution in [0.5, 0.6) is 11.5 Å². The second-order valence-electron chi connectivity index (χ2n) is 6.54. The van der Waals surface area contributed by atoms with E-state index in [0.29, 0.717) is 11.3 Å². The van der Waals surface area contributed by atoms with Crippen molar-refractivity contribution >= 4 is 17.8 Å². The first-order chi connectivity index (χ1) is 12.8. The molecule has 142 valence electrons. The van der Waals surface area contributed by atoms with Crippen LogP contribution >= 0.6 is 0 Å². The van der Waals surface area contributed by atoms with Crippen molar-refractivity contribution < 1.29 is 19.1 Å². The number of hydrogen-bond acceptors (Lipinski definition) is 4. The molecule has 0 spiro atoms. The molecule has 0 fully saturated rings. The highest BCUT2D eigenvalue weighted by molar-refractivity contribution is 6.07. The highest BCUT2D eigenvalue weighted by atomic mass is 16.5. The standard InChI is InChI=1S/C22H25NO4/c1-16(2)27-19-11-8-17(9-12-19)10-13-21(24)18-6-5-7-20(14-18)26-15-22(25)23(3)4/h5-14,16H,15H2,1-4H3. The first-order valence-corrected chi connectivity index (χ1v) is 8.77. The van der Waals surface area contributed by atoms with Crippen molar-refractivity contribution in [2.45, 2.75) is 20.0 Å². The molecule has 0 aliphatic heterocycles. The molecule has 0 atom stereocenters. The van der Waals surface area contributed by atoms with Gasteiger partial charge in [-0.05, 0) is 49.8 Å². The van der Waals surface area contributed by atoms with E-state index in [1.807, 2.05) is 38.1 Å². The Hall–Kier alpha value is -3.08. The topological polar surface area (TPSA) is 55.8 Å². The minimum absolute atomic E-state index is 0.0642. The zero-order valence-electron chi connectivity index (χ0n) is 16.1. The molecule has 0 unspecified atom stereocenters. The summed E-state index contributed by atoms with van der Waals surface area (Å²) in [4.78, 5) is 25.4. The van der Waals surface area contributed by atoms with E-state index >= 15 is 0 Å². The lowest BCUT2D eigenvalue weighted by molar-refractivity contribution is -0.130. The molecule has 0 aliphatic rings. The third-order valence-electron chi connectivity index (χ3n) is 3.66. The number of carbonyl (C=O) groups is 2. The van der Waals surface area contributed by atoms with Crippen LogP contribution in [0.2, 0.25) is 0 Å². The zero-order valence-corrected chi connectivity index (χ0v) is 16.1. The predicted octanol–water partition coefficient (Wildman–Crippen LogP) is 3.84. The average Bonchev–Trinajstić information content (AvgIpc) is 2.65. The maximum absolute atomic E-state index is 12.4. The van der Waals surface area contributed by atoms with Gasteiger partial charge in [0.05, 0.1) is 6.10 Å². The number of nitrogens with zero attached hydrogens (tertiary/aromatic N) is 1. The number of rotatable bonds is 8. The third-order valence-corrected chi connectivity index (χ3v) is 3.66. The van der Waals surface area contributed by atoms with Gasteiger partial charge in [0.15, 0.2) is 12.4 Å². The summed E-state index contributed by atoms with van der Waals surface area (Å²) in [5.41, 5.74) is 1.41. The van der Waals surface area contributed by atoms with Crippen molar-refractivity contribution in [2.75, 3.05) is 20.7 Å². The Morgan fingerprint density at radius 2 is 1.74 bits per heavy atom. The number of allylic oxidation sites excluding steroid dienone is 1. The number of ketones is 1. The highest BCUT2D eigenvalue weighted by Crippen LogP contribution is 2.17. The van der Waals surface area contributed by atoms with E-state index in [0.717, 1.165) is 11.3 Å². The van der Waals surface area contributed by atoms with Crippen LogP contribution in [0, 0.1) is 0 Å². The molecule has 5 heteroatoms. The van der Waals surface area contributed by atoms with E-state index in [2.05, 4.69) is 0 Å². The average molecular weight is 367 g/mol. The molecule has 2 aromatic carbocycles. The van der Waals surface area contributed by atoms with Crippen LogP contribution in [0.3, 0.4) is 0 Å². The molecule has 0 bridgehead atoms. The van der Waals surface area contributed by atoms with Crippen molar-refractivity contribution in [2.24, 2.45) is 0 Å². The second-order valence-corrected chi connectivity index (χ2v) is 6.54. The van der Waals surface area contributed by atoms with Gasteiger partial charge < -0.3 is 14.4 Å². The fraction of sp³-hybridized carbons (Fsp3) is 0.273. The van der Waals surface area contributed by atoms with Gasteiger partial charge in [0, 0.05) is 19.7 Å². The fourth-order valence-electron chi connectivity index (χ4n) is 2.21. The molecular weight excluding hydrogens is 342 g/mol. The smallest absolute Gasteiger partial charge is 0.259 e. The largest absolute Gasteiger partial charge is 0.491 e. The van der Waals surface area contributed by atoms with Crippen molar-refractivity contribution in [3.05, 3.63) is 65.7 Å². The van der Waals surface area contributed by atoms with Crippen molar-refractivity contribution in [3.8, 4) is 11.5 Å². The Labute approximate surface area is 160 Å². The first-order valence-electron chi connectivity index (χ1n) is 8.77. The van der Waals surface area contributed by atoms with Gasteiger partial charge in [-0.3, -0.25) is 9.59 Å². The number of hydrogen-bond donors (Lipinski definition) is 0. The van der Waals surface area contributed by atoms with Crippen molar-refractivity contribution in [3.63, 3.8) is 0 Å². The lowest BCUT2D eigenvalue weighted by atomic mass is 10.1. The van der Waals surface area contributed by atoms with E-state index in [-0.39, 0.29) is 24.4 Å². The molecule has 0 aliphatic carbocycles. The maximum Gasteiger partial charge on any atom is 0.259 e. The Morgan fingerprint density at radius 1 is 1.04 bits per heavy atom. The van der Waals surface area contributed by atoms with E-state index < -0.39 is 0 Å². The summed E-state index contributed by atoms with van der Waals surface area (Å²) in [7, 11) is 3.33. The molecule has 0 saturated carbocycles. The molecule has 0 saturated heterocycles. The van der Waals surface area contributed by atoms with Gasteiger partial charge in [0.25, 0.3) is 5.91 Å². The van der Waals surface area contributed by atoms with Crippen LogP contribution in [0.15, 0.2) is 54.6 Å². The molecule has 0 aromatic heterocycles. The summed E-state index contributed by atoms with van der Waals surface area (Å²) in [5.74, 6) is 1.00. The maximum atomic E-state index is 12.4. The fourth-order valence-corrected chi connectivity index (χ4v) is 2.21. The molecular formula is C22H25NO4. The predicted molar refractivity (Wildman–Crippen MR) is 106 cm³/mol. The Bertz CT molecular complexity index is 807. The third kappa shape index (κ3) is 6.62. The lowest BCUT2D eigenvalue weighted by Gasteiger charge is -2.11. The van der Waals surface area contributed by atoms with Crippen molar-refractivity contribution in [1.82, 2.24) is 4.90 Å². The van der Waals surface area contributed by atoms with Gasteiger partial charge in [0.2, 0.25) is 0 Å². The number of carbonyl (C=O) groups excluding carboxylic acids is 2. The summed E-state index contributed by atoms with van der Waals surface area (Å²) in [6.45, 7) is 3.88. The normalized spacial score (nSPS) is 10.9. The zero-order chi connectivity index (χ0) is 19.8. The van der Waals surface area contributed by atoms with E-state index in [9.17, 15) is 9.59 Å².